The zero-order chi connectivity index (χ0) is 3.58. The van der Waals surface area contributed by atoms with E-state index in [-0.39, 0.29) is 51.4 Å². The van der Waals surface area contributed by atoms with E-state index < -0.39 is 6.16 Å². The summed E-state index contributed by atoms with van der Waals surface area (Å²) in [6.07, 6.45) is -1.83. The molecule has 0 radical (unpaired) electrons. The van der Waals surface area contributed by atoms with E-state index in [0.29, 0.717) is 0 Å². The molecule has 0 fully saturated rings. The van der Waals surface area contributed by atoms with E-state index in [1.54, 1.807) is 0 Å². The van der Waals surface area contributed by atoms with Crippen molar-refractivity contribution in [2.75, 3.05) is 0 Å². The number of hydrogen-bond donors (Lipinski definition) is 2. The van der Waals surface area contributed by atoms with Crippen LogP contribution in [-0.4, -0.2) is 50.4 Å². The van der Waals surface area contributed by atoms with Crippen LogP contribution >= 0.6 is 0 Å². The summed E-state index contributed by atoms with van der Waals surface area (Å²) < 4.78 is 0. The Morgan fingerprint density at radius 3 is 1.12 bits per heavy atom. The van der Waals surface area contributed by atoms with Crippen LogP contribution in [0.1, 0.15) is 0 Å². The van der Waals surface area contributed by atoms with Crippen LogP contribution in [0.3, 0.4) is 0 Å². The van der Waals surface area contributed by atoms with Crippen LogP contribution in [0.2, 0.25) is 0 Å². The monoisotopic (exact) mass is 176 g/mol. The van der Waals surface area contributed by atoms with Gasteiger partial charge in [-0.1, -0.05) is 0 Å². The molecule has 0 aromatic carbocycles. The molecule has 0 aromatic rings. The molecule has 0 spiro atoms. The zero-order valence-corrected chi connectivity index (χ0v) is 4.49. The number of carboxylic acid groups (broad SMARTS) is 2. The van der Waals surface area contributed by atoms with Crippen molar-refractivity contribution < 1.29 is 43.3 Å². The summed E-state index contributed by atoms with van der Waals surface area (Å²) in [4.78, 5) is 8.56. The number of hydrogen-bond acceptors (Lipinski definition) is 1. The molecule has 0 heterocycles. The standard InChI is InChI=1S/CH2O3.Cr.Mg.2H2O.2H/c2-1(3)4;;;;;;/h(H2,2,3,4);;;2*1H2;;. The van der Waals surface area contributed by atoms with Crippen molar-refractivity contribution in [3.05, 3.63) is 0 Å². The summed E-state index contributed by atoms with van der Waals surface area (Å²) in [5, 5.41) is 13.9. The molecule has 0 rings (SSSR count). The molecule has 0 bridgehead atoms. The Kier molecular flexibility index (Phi) is 127. The topological polar surface area (TPSA) is 121 Å². The first kappa shape index (κ1) is 39.1. The van der Waals surface area contributed by atoms with Gasteiger partial charge in [-0.2, -0.15) is 0 Å². The van der Waals surface area contributed by atoms with Crippen LogP contribution in [0, 0.1) is 0 Å². The van der Waals surface area contributed by atoms with Gasteiger partial charge in [0.1, 0.15) is 0 Å². The largest absolute Gasteiger partial charge is 0.503 e. The van der Waals surface area contributed by atoms with E-state index in [4.69, 9.17) is 15.0 Å². The fourth-order valence-electron chi connectivity index (χ4n) is 0. The van der Waals surface area contributed by atoms with Gasteiger partial charge in [0, 0.05) is 17.4 Å². The first-order valence-electron chi connectivity index (χ1n) is 0.651. The second-order valence-corrected chi connectivity index (χ2v) is 0.283. The van der Waals surface area contributed by atoms with E-state index >= 15 is 0 Å². The van der Waals surface area contributed by atoms with E-state index in [2.05, 4.69) is 0 Å². The number of rotatable bonds is 0. The predicted molar refractivity (Wildman–Crippen MR) is 26.4 cm³/mol. The molecule has 6 N–H and O–H groups in total. The fourth-order valence-corrected chi connectivity index (χ4v) is 0. The summed E-state index contributed by atoms with van der Waals surface area (Å²) in [5.74, 6) is 0. The molecule has 5 nitrogen and oxygen atoms in total. The Labute approximate surface area is 72.6 Å². The van der Waals surface area contributed by atoms with Gasteiger partial charge in [0.15, 0.2) is 0 Å². The quantitative estimate of drug-likeness (QED) is 0.402. The van der Waals surface area contributed by atoms with Crippen molar-refractivity contribution in [2.45, 2.75) is 0 Å². The van der Waals surface area contributed by atoms with Crippen LogP contribution in [0.5, 0.6) is 0 Å². The van der Waals surface area contributed by atoms with E-state index in [1.165, 1.54) is 0 Å². The first-order valence-corrected chi connectivity index (χ1v) is 0.651. The third kappa shape index (κ3) is 818. The Balaban J connectivity index is -0.00000000750. The molecule has 7 heteroatoms. The molecule has 0 aliphatic heterocycles. The zero-order valence-electron chi connectivity index (χ0n) is 3.21. The predicted octanol–water partition coefficient (Wildman–Crippen LogP) is -2.35. The van der Waals surface area contributed by atoms with Gasteiger partial charge >= 0.3 is 29.2 Å². The minimum Gasteiger partial charge on any atom is -0.450 e. The molecule has 0 amide bonds. The summed E-state index contributed by atoms with van der Waals surface area (Å²) >= 11 is 0. The molecule has 0 aliphatic carbocycles. The molecule has 0 atom stereocenters. The van der Waals surface area contributed by atoms with Gasteiger partial charge in [-0.3, -0.25) is 0 Å². The Morgan fingerprint density at radius 1 is 1.12 bits per heavy atom. The molecular weight excluding hydrogens is 168 g/mol. The van der Waals surface area contributed by atoms with E-state index in [1.807, 2.05) is 0 Å². The van der Waals surface area contributed by atoms with Gasteiger partial charge in [0.25, 0.3) is 0 Å². The fraction of sp³-hybridized carbons (Fsp3) is 0. The normalized spacial score (nSPS) is 3.00. The van der Waals surface area contributed by atoms with Crippen molar-refractivity contribution in [3.8, 4) is 0 Å². The van der Waals surface area contributed by atoms with Crippen molar-refractivity contribution in [3.63, 3.8) is 0 Å². The molecule has 50 valence electrons. The molecule has 0 unspecified atom stereocenters. The van der Waals surface area contributed by atoms with Crippen LogP contribution in [0.15, 0.2) is 0 Å². The average Bonchev–Trinajstić information content (AvgIpc) is 0.811. The first-order chi connectivity index (χ1) is 1.73. The van der Waals surface area contributed by atoms with Crippen LogP contribution in [0.4, 0.5) is 4.79 Å². The Bertz CT molecular complexity index is 35.4. The third-order valence-electron chi connectivity index (χ3n) is 0. The number of carbonyl (C=O) groups is 1. The van der Waals surface area contributed by atoms with Crippen molar-refractivity contribution in [2.24, 2.45) is 0 Å². The Morgan fingerprint density at radius 2 is 1.12 bits per heavy atom. The summed E-state index contributed by atoms with van der Waals surface area (Å²) in [5.41, 5.74) is 0. The molecule has 0 aromatic heterocycles. The van der Waals surface area contributed by atoms with Crippen LogP contribution in [-0.2, 0) is 17.4 Å². The van der Waals surface area contributed by atoms with E-state index in [0.717, 1.165) is 0 Å². The molecule has 0 saturated heterocycles. The summed E-state index contributed by atoms with van der Waals surface area (Å²) in [6.45, 7) is 0. The smallest absolute Gasteiger partial charge is 0.450 e. The average molecular weight is 176 g/mol. The van der Waals surface area contributed by atoms with Gasteiger partial charge in [0.05, 0.1) is 0 Å². The molecule has 0 saturated carbocycles. The van der Waals surface area contributed by atoms with Crippen molar-refractivity contribution in [1.82, 2.24) is 0 Å². The Hall–Kier alpha value is 0.489. The molecular formula is CH8CrMgO5. The van der Waals surface area contributed by atoms with Crippen molar-refractivity contribution >= 4 is 29.2 Å². The SMILES string of the molecule is O.O.O=C(O)O.[Cr].[MgH2]. The van der Waals surface area contributed by atoms with Gasteiger partial charge in [0.2, 0.25) is 0 Å². The third-order valence-corrected chi connectivity index (χ3v) is 0. The van der Waals surface area contributed by atoms with E-state index in [9.17, 15) is 0 Å². The molecule has 0 aliphatic rings. The summed E-state index contributed by atoms with van der Waals surface area (Å²) in [6, 6.07) is 0. The second-order valence-electron chi connectivity index (χ2n) is 0.283. The van der Waals surface area contributed by atoms with Gasteiger partial charge in [-0.25, -0.2) is 4.79 Å². The maximum absolute atomic E-state index is 8.56. The second kappa shape index (κ2) is 25.9. The minimum atomic E-state index is -1.83. The van der Waals surface area contributed by atoms with Gasteiger partial charge in [-0.15, -0.1) is 0 Å². The van der Waals surface area contributed by atoms with Gasteiger partial charge < -0.3 is 21.2 Å². The van der Waals surface area contributed by atoms with Gasteiger partial charge in [-0.05, 0) is 0 Å². The summed E-state index contributed by atoms with van der Waals surface area (Å²) in [7, 11) is 0. The van der Waals surface area contributed by atoms with Crippen molar-refractivity contribution in [1.29, 1.82) is 0 Å². The van der Waals surface area contributed by atoms with Crippen LogP contribution < -0.4 is 0 Å². The maximum Gasteiger partial charge on any atom is 0.503 e. The maximum atomic E-state index is 8.56. The minimum absolute atomic E-state index is 0. The molecule has 8 heavy (non-hydrogen) atoms. The van der Waals surface area contributed by atoms with Crippen LogP contribution in [0.25, 0.3) is 0 Å².